The van der Waals surface area contributed by atoms with Gasteiger partial charge in [-0.2, -0.15) is 0 Å². The lowest BCUT2D eigenvalue weighted by Crippen LogP contribution is -2.13. The van der Waals surface area contributed by atoms with E-state index < -0.39 is 0 Å². The van der Waals surface area contributed by atoms with E-state index in [4.69, 9.17) is 4.74 Å². The SMILES string of the molecule is CCCCCc1ccc(C2CCc3cc(-c4ccc(OCCC)cc4)ccc3C2)cc1. The molecule has 0 amide bonds. The van der Waals surface area contributed by atoms with Crippen LogP contribution in [0, 0.1) is 0 Å². The molecule has 0 aliphatic heterocycles. The minimum absolute atomic E-state index is 0.651. The molecule has 0 saturated carbocycles. The zero-order chi connectivity index (χ0) is 21.5. The van der Waals surface area contributed by atoms with Crippen LogP contribution in [0.15, 0.2) is 66.7 Å². The van der Waals surface area contributed by atoms with Crippen molar-refractivity contribution in [2.45, 2.75) is 71.1 Å². The Kier molecular flexibility index (Phi) is 7.46. The summed E-state index contributed by atoms with van der Waals surface area (Å²) in [5.74, 6) is 1.61. The smallest absolute Gasteiger partial charge is 0.119 e. The predicted molar refractivity (Wildman–Crippen MR) is 132 cm³/mol. The molecule has 0 bridgehead atoms. The zero-order valence-electron chi connectivity index (χ0n) is 19.2. The number of benzene rings is 3. The molecule has 1 aliphatic rings. The van der Waals surface area contributed by atoms with Crippen molar-refractivity contribution in [3.63, 3.8) is 0 Å². The molecular weight excluding hydrogens is 376 g/mol. The van der Waals surface area contributed by atoms with Gasteiger partial charge in [0.25, 0.3) is 0 Å². The highest BCUT2D eigenvalue weighted by Gasteiger charge is 2.20. The highest BCUT2D eigenvalue weighted by atomic mass is 16.5. The molecule has 0 heterocycles. The van der Waals surface area contributed by atoms with E-state index in [1.165, 1.54) is 71.9 Å². The first-order valence-corrected chi connectivity index (χ1v) is 12.2. The van der Waals surface area contributed by atoms with Gasteiger partial charge in [-0.3, -0.25) is 0 Å². The average molecular weight is 413 g/mol. The molecule has 0 N–H and O–H groups in total. The highest BCUT2D eigenvalue weighted by molar-refractivity contribution is 5.66. The van der Waals surface area contributed by atoms with Crippen molar-refractivity contribution >= 4 is 0 Å². The van der Waals surface area contributed by atoms with E-state index in [-0.39, 0.29) is 0 Å². The third-order valence-corrected chi connectivity index (χ3v) is 6.62. The van der Waals surface area contributed by atoms with E-state index in [9.17, 15) is 0 Å². The van der Waals surface area contributed by atoms with E-state index in [2.05, 4.69) is 80.6 Å². The first-order valence-electron chi connectivity index (χ1n) is 12.2. The van der Waals surface area contributed by atoms with Crippen molar-refractivity contribution in [3.8, 4) is 16.9 Å². The molecule has 0 radical (unpaired) electrons. The van der Waals surface area contributed by atoms with Gasteiger partial charge in [-0.1, -0.05) is 81.3 Å². The molecule has 1 nitrogen and oxygen atoms in total. The maximum atomic E-state index is 5.72. The van der Waals surface area contributed by atoms with Gasteiger partial charge in [0.15, 0.2) is 0 Å². The second kappa shape index (κ2) is 10.7. The molecule has 31 heavy (non-hydrogen) atoms. The Labute approximate surface area is 188 Å². The van der Waals surface area contributed by atoms with Crippen LogP contribution >= 0.6 is 0 Å². The van der Waals surface area contributed by atoms with Gasteiger partial charge in [-0.05, 0) is 90.0 Å². The maximum Gasteiger partial charge on any atom is 0.119 e. The number of rotatable bonds is 9. The largest absolute Gasteiger partial charge is 0.494 e. The van der Waals surface area contributed by atoms with Gasteiger partial charge in [-0.15, -0.1) is 0 Å². The molecule has 1 aliphatic carbocycles. The zero-order valence-corrected chi connectivity index (χ0v) is 19.2. The van der Waals surface area contributed by atoms with Gasteiger partial charge in [0.05, 0.1) is 6.61 Å². The normalized spacial score (nSPS) is 15.5. The van der Waals surface area contributed by atoms with Crippen molar-refractivity contribution in [2.75, 3.05) is 6.61 Å². The molecule has 1 atom stereocenters. The number of fused-ring (bicyclic) bond motifs is 1. The molecule has 162 valence electrons. The first-order chi connectivity index (χ1) is 15.3. The number of hydrogen-bond donors (Lipinski definition) is 0. The van der Waals surface area contributed by atoms with Crippen LogP contribution < -0.4 is 4.74 Å². The lowest BCUT2D eigenvalue weighted by atomic mass is 9.79. The summed E-state index contributed by atoms with van der Waals surface area (Å²) < 4.78 is 5.72. The number of ether oxygens (including phenoxy) is 1. The van der Waals surface area contributed by atoms with Crippen LogP contribution in [0.2, 0.25) is 0 Å². The molecular formula is C30H36O. The Hall–Kier alpha value is -2.54. The third-order valence-electron chi connectivity index (χ3n) is 6.62. The molecule has 1 heteroatoms. The first kappa shape index (κ1) is 21.7. The summed E-state index contributed by atoms with van der Waals surface area (Å²) in [5, 5.41) is 0. The second-order valence-electron chi connectivity index (χ2n) is 8.99. The monoisotopic (exact) mass is 412 g/mol. The Bertz CT molecular complexity index is 953. The van der Waals surface area contributed by atoms with E-state index >= 15 is 0 Å². The fourth-order valence-corrected chi connectivity index (χ4v) is 4.72. The average Bonchev–Trinajstić information content (AvgIpc) is 2.83. The Morgan fingerprint density at radius 2 is 1.55 bits per heavy atom. The fourth-order valence-electron chi connectivity index (χ4n) is 4.72. The topological polar surface area (TPSA) is 9.23 Å². The number of hydrogen-bond acceptors (Lipinski definition) is 1. The highest BCUT2D eigenvalue weighted by Crippen LogP contribution is 2.35. The van der Waals surface area contributed by atoms with Crippen molar-refractivity contribution in [2.24, 2.45) is 0 Å². The summed E-state index contributed by atoms with van der Waals surface area (Å²) in [6.45, 7) is 5.18. The van der Waals surface area contributed by atoms with Crippen LogP contribution in [0.1, 0.15) is 74.1 Å². The van der Waals surface area contributed by atoms with Crippen LogP contribution in [-0.4, -0.2) is 6.61 Å². The summed E-state index contributed by atoms with van der Waals surface area (Å²) in [6.07, 6.45) is 9.77. The van der Waals surface area contributed by atoms with Crippen molar-refractivity contribution in [1.82, 2.24) is 0 Å². The lowest BCUT2D eigenvalue weighted by molar-refractivity contribution is 0.317. The summed E-state index contributed by atoms with van der Waals surface area (Å²) in [4.78, 5) is 0. The van der Waals surface area contributed by atoms with Crippen LogP contribution in [0.3, 0.4) is 0 Å². The maximum absolute atomic E-state index is 5.72. The molecule has 1 unspecified atom stereocenters. The van der Waals surface area contributed by atoms with Gasteiger partial charge in [0.2, 0.25) is 0 Å². The predicted octanol–water partition coefficient (Wildman–Crippen LogP) is 8.15. The van der Waals surface area contributed by atoms with E-state index in [1.807, 2.05) is 0 Å². The van der Waals surface area contributed by atoms with E-state index in [1.54, 1.807) is 0 Å². The van der Waals surface area contributed by atoms with Crippen LogP contribution in [-0.2, 0) is 19.3 Å². The molecule has 0 aromatic heterocycles. The standard InChI is InChI=1S/C30H36O/c1-3-5-6-7-23-8-10-24(11-9-23)26-12-14-29-22-27(13-15-28(29)21-26)25-16-18-30(19-17-25)31-20-4-2/h8-11,13,15-19,22,26H,3-7,12,14,20-21H2,1-2H3. The molecule has 0 spiro atoms. The molecule has 3 aromatic carbocycles. The molecule has 0 fully saturated rings. The second-order valence-corrected chi connectivity index (χ2v) is 8.99. The van der Waals surface area contributed by atoms with Crippen molar-refractivity contribution in [1.29, 1.82) is 0 Å². The van der Waals surface area contributed by atoms with Crippen LogP contribution in [0.5, 0.6) is 5.75 Å². The van der Waals surface area contributed by atoms with Crippen LogP contribution in [0.25, 0.3) is 11.1 Å². The summed E-state index contributed by atoms with van der Waals surface area (Å²) in [5.41, 5.74) is 8.63. The number of aryl methyl sites for hydroxylation is 2. The van der Waals surface area contributed by atoms with Gasteiger partial charge in [-0.25, -0.2) is 0 Å². The Morgan fingerprint density at radius 1 is 0.774 bits per heavy atom. The van der Waals surface area contributed by atoms with Gasteiger partial charge in [0.1, 0.15) is 5.75 Å². The van der Waals surface area contributed by atoms with Crippen molar-refractivity contribution in [3.05, 3.63) is 89.0 Å². The molecule has 4 rings (SSSR count). The lowest BCUT2D eigenvalue weighted by Gasteiger charge is -2.26. The summed E-state index contributed by atoms with van der Waals surface area (Å²) in [7, 11) is 0. The number of unbranched alkanes of at least 4 members (excludes halogenated alkanes) is 2. The Morgan fingerprint density at radius 3 is 2.29 bits per heavy atom. The van der Waals surface area contributed by atoms with Gasteiger partial charge < -0.3 is 4.74 Å². The third kappa shape index (κ3) is 5.58. The fraction of sp³-hybridized carbons (Fsp3) is 0.400. The summed E-state index contributed by atoms with van der Waals surface area (Å²) in [6, 6.07) is 25.1. The summed E-state index contributed by atoms with van der Waals surface area (Å²) >= 11 is 0. The quantitative estimate of drug-likeness (QED) is 0.322. The minimum atomic E-state index is 0.651. The molecule has 0 saturated heterocycles. The van der Waals surface area contributed by atoms with E-state index in [0.717, 1.165) is 25.2 Å². The Balaban J connectivity index is 1.41. The van der Waals surface area contributed by atoms with Crippen LogP contribution in [0.4, 0.5) is 0 Å². The minimum Gasteiger partial charge on any atom is -0.494 e. The van der Waals surface area contributed by atoms with Gasteiger partial charge >= 0.3 is 0 Å². The van der Waals surface area contributed by atoms with E-state index in [0.29, 0.717) is 5.92 Å². The molecule has 3 aromatic rings. The van der Waals surface area contributed by atoms with Gasteiger partial charge in [0, 0.05) is 0 Å². The van der Waals surface area contributed by atoms with Crippen molar-refractivity contribution < 1.29 is 4.74 Å².